The van der Waals surface area contributed by atoms with Crippen molar-refractivity contribution in [3.63, 3.8) is 0 Å². The van der Waals surface area contributed by atoms with E-state index in [-0.39, 0.29) is 23.2 Å². The van der Waals surface area contributed by atoms with Crippen LogP contribution in [0.1, 0.15) is 34.5 Å². The molecule has 12 heteroatoms. The van der Waals surface area contributed by atoms with Crippen LogP contribution in [0.4, 0.5) is 23.4 Å². The van der Waals surface area contributed by atoms with Crippen LogP contribution in [0.3, 0.4) is 0 Å². The molecule has 3 heterocycles. The Kier molecular flexibility index (Phi) is 6.33. The van der Waals surface area contributed by atoms with E-state index in [4.69, 9.17) is 0 Å². The number of aliphatic hydroxyl groups is 1. The van der Waals surface area contributed by atoms with Gasteiger partial charge >= 0.3 is 6.18 Å². The number of halogens is 4. The zero-order valence-corrected chi connectivity index (χ0v) is 19.6. The zero-order valence-electron chi connectivity index (χ0n) is 19.6. The van der Waals surface area contributed by atoms with Gasteiger partial charge in [0.1, 0.15) is 16.9 Å². The third-order valence-electron chi connectivity index (χ3n) is 5.71. The molecule has 3 aromatic heterocycles. The molecule has 0 saturated carbocycles. The van der Waals surface area contributed by atoms with Crippen LogP contribution in [0, 0.1) is 5.82 Å². The van der Waals surface area contributed by atoms with Crippen LogP contribution in [0.15, 0.2) is 73.2 Å². The summed E-state index contributed by atoms with van der Waals surface area (Å²) in [5.74, 6) is -2.67. The van der Waals surface area contributed by atoms with Crippen molar-refractivity contribution in [3.8, 4) is 17.1 Å². The Balaban J connectivity index is 1.63. The monoisotopic (exact) mass is 522 g/mol. The molecule has 0 aliphatic carbocycles. The Morgan fingerprint density at radius 1 is 1.03 bits per heavy atom. The van der Waals surface area contributed by atoms with E-state index in [0.29, 0.717) is 16.8 Å². The largest absolute Gasteiger partial charge is 0.417 e. The second-order valence-electron chi connectivity index (χ2n) is 8.31. The van der Waals surface area contributed by atoms with Gasteiger partial charge in [-0.15, -0.1) is 0 Å². The smallest absolute Gasteiger partial charge is 0.389 e. The predicted octanol–water partition coefficient (Wildman–Crippen LogP) is 5.34. The first-order valence-corrected chi connectivity index (χ1v) is 11.2. The van der Waals surface area contributed by atoms with Crippen LogP contribution in [0.25, 0.3) is 28.1 Å². The number of benzene rings is 2. The van der Waals surface area contributed by atoms with Gasteiger partial charge in [-0.25, -0.2) is 19.0 Å². The molecule has 5 rings (SSSR count). The molecule has 0 unspecified atom stereocenters. The number of amides is 1. The molecule has 0 spiro atoms. The molecular weight excluding hydrogens is 504 g/mol. The lowest BCUT2D eigenvalue weighted by molar-refractivity contribution is -0.137. The summed E-state index contributed by atoms with van der Waals surface area (Å²) in [6.45, 7) is 1.56. The van der Waals surface area contributed by atoms with Crippen LogP contribution in [-0.2, 0) is 6.18 Å². The van der Waals surface area contributed by atoms with Gasteiger partial charge in [-0.05, 0) is 43.3 Å². The van der Waals surface area contributed by atoms with E-state index in [1.807, 2.05) is 0 Å². The molecule has 0 saturated heterocycles. The lowest BCUT2D eigenvalue weighted by Crippen LogP contribution is -2.19. The molecule has 1 amide bonds. The topological polar surface area (TPSA) is 106 Å². The highest BCUT2D eigenvalue weighted by molar-refractivity contribution is 6.08. The molecule has 2 N–H and O–H groups in total. The van der Waals surface area contributed by atoms with E-state index >= 15 is 0 Å². The molecular formula is C26H18F4N6O2. The van der Waals surface area contributed by atoms with Crippen molar-refractivity contribution in [2.24, 2.45) is 0 Å². The van der Waals surface area contributed by atoms with Gasteiger partial charge < -0.3 is 10.4 Å². The molecule has 0 aliphatic rings. The fourth-order valence-electron chi connectivity index (χ4n) is 3.86. The number of aromatic nitrogens is 5. The van der Waals surface area contributed by atoms with E-state index in [1.165, 1.54) is 29.3 Å². The third-order valence-corrected chi connectivity index (χ3v) is 5.71. The van der Waals surface area contributed by atoms with Crippen molar-refractivity contribution >= 4 is 22.8 Å². The standard InChI is InChI=1S/C26H18F4N6O2/c1-14(37)15-10-21-22(33-13-15)24(36(35-21)16-6-3-2-4-7-16)34-25(38)18-11-17(23-31-8-5-9-32-23)19(12-20(18)27)26(28,29)30/h2-14,37H,1H3,(H,34,38)/t14-/m0/s1. The van der Waals surface area contributed by atoms with Gasteiger partial charge in [0.05, 0.1) is 22.9 Å². The summed E-state index contributed by atoms with van der Waals surface area (Å²) >= 11 is 0. The van der Waals surface area contributed by atoms with Crippen LogP contribution < -0.4 is 5.32 Å². The molecule has 0 bridgehead atoms. The summed E-state index contributed by atoms with van der Waals surface area (Å²) in [5, 5.41) is 16.9. The molecule has 2 aromatic carbocycles. The normalized spacial score (nSPS) is 12.5. The van der Waals surface area contributed by atoms with Gasteiger partial charge in [0, 0.05) is 29.7 Å². The van der Waals surface area contributed by atoms with Gasteiger partial charge in [-0.1, -0.05) is 18.2 Å². The maximum atomic E-state index is 15.0. The number of carbonyl (C=O) groups is 1. The summed E-state index contributed by atoms with van der Waals surface area (Å²) in [4.78, 5) is 25.3. The minimum absolute atomic E-state index is 0.0603. The maximum Gasteiger partial charge on any atom is 0.417 e. The van der Waals surface area contributed by atoms with Crippen molar-refractivity contribution in [2.45, 2.75) is 19.2 Å². The van der Waals surface area contributed by atoms with Gasteiger partial charge in [0.2, 0.25) is 0 Å². The fraction of sp³-hybridized carbons (Fsp3) is 0.115. The molecule has 38 heavy (non-hydrogen) atoms. The Bertz CT molecular complexity index is 1640. The first kappa shape index (κ1) is 25.0. The fourth-order valence-corrected chi connectivity index (χ4v) is 3.86. The molecule has 192 valence electrons. The Morgan fingerprint density at radius 3 is 2.39 bits per heavy atom. The van der Waals surface area contributed by atoms with Crippen LogP contribution in [0.2, 0.25) is 0 Å². The Labute approximate surface area is 212 Å². The minimum atomic E-state index is -4.92. The minimum Gasteiger partial charge on any atom is -0.389 e. The van der Waals surface area contributed by atoms with Crippen molar-refractivity contribution in [1.82, 2.24) is 24.7 Å². The average Bonchev–Trinajstić information content (AvgIpc) is 3.26. The van der Waals surface area contributed by atoms with Crippen LogP contribution >= 0.6 is 0 Å². The number of pyridine rings is 1. The van der Waals surface area contributed by atoms with E-state index in [1.54, 1.807) is 43.3 Å². The predicted molar refractivity (Wildman–Crippen MR) is 130 cm³/mol. The van der Waals surface area contributed by atoms with Crippen molar-refractivity contribution < 1.29 is 27.5 Å². The lowest BCUT2D eigenvalue weighted by Gasteiger charge is -2.15. The van der Waals surface area contributed by atoms with Gasteiger partial charge in [-0.2, -0.15) is 18.3 Å². The first-order chi connectivity index (χ1) is 18.1. The number of para-hydroxylation sites is 1. The Morgan fingerprint density at radius 2 is 1.74 bits per heavy atom. The number of carbonyl (C=O) groups excluding carboxylic acids is 1. The van der Waals surface area contributed by atoms with Gasteiger partial charge in [0.25, 0.3) is 5.91 Å². The lowest BCUT2D eigenvalue weighted by atomic mass is 10.0. The molecule has 8 nitrogen and oxygen atoms in total. The van der Waals surface area contributed by atoms with E-state index in [0.717, 1.165) is 6.07 Å². The number of nitrogens with one attached hydrogen (secondary N) is 1. The molecule has 0 radical (unpaired) electrons. The quantitative estimate of drug-likeness (QED) is 0.302. The number of fused-ring (bicyclic) bond motifs is 1. The second kappa shape index (κ2) is 9.63. The summed E-state index contributed by atoms with van der Waals surface area (Å²) in [7, 11) is 0. The average molecular weight is 522 g/mol. The summed E-state index contributed by atoms with van der Waals surface area (Å²) in [6, 6.07) is 12.7. The van der Waals surface area contributed by atoms with Gasteiger partial charge in [0.15, 0.2) is 11.6 Å². The first-order valence-electron chi connectivity index (χ1n) is 11.2. The second-order valence-corrected chi connectivity index (χ2v) is 8.31. The highest BCUT2D eigenvalue weighted by atomic mass is 19.4. The van der Waals surface area contributed by atoms with Crippen molar-refractivity contribution in [2.75, 3.05) is 5.32 Å². The van der Waals surface area contributed by atoms with E-state index < -0.39 is 40.7 Å². The van der Waals surface area contributed by atoms with Crippen LogP contribution in [-0.4, -0.2) is 35.7 Å². The number of alkyl halides is 3. The van der Waals surface area contributed by atoms with Crippen molar-refractivity contribution in [1.29, 1.82) is 0 Å². The Hall–Kier alpha value is -4.71. The maximum absolute atomic E-state index is 15.0. The molecule has 1 atom stereocenters. The highest BCUT2D eigenvalue weighted by Gasteiger charge is 2.36. The molecule has 0 fully saturated rings. The van der Waals surface area contributed by atoms with E-state index in [2.05, 4.69) is 25.4 Å². The number of hydrogen-bond acceptors (Lipinski definition) is 6. The number of anilines is 1. The van der Waals surface area contributed by atoms with Gasteiger partial charge in [-0.3, -0.25) is 9.78 Å². The summed E-state index contributed by atoms with van der Waals surface area (Å²) in [6.07, 6.45) is -1.86. The molecule has 0 aliphatic heterocycles. The number of hydrogen-bond donors (Lipinski definition) is 2. The van der Waals surface area contributed by atoms with Crippen LogP contribution in [0.5, 0.6) is 0 Å². The SMILES string of the molecule is C[C@H](O)c1cnc2c(NC(=O)c3cc(-c4ncccn4)c(C(F)(F)F)cc3F)n(-c3ccccc3)nc2c1. The van der Waals surface area contributed by atoms with Crippen molar-refractivity contribution in [3.05, 3.63) is 95.7 Å². The molecule has 5 aromatic rings. The third kappa shape index (κ3) is 4.68. The van der Waals surface area contributed by atoms with E-state index in [9.17, 15) is 27.5 Å². The number of aliphatic hydroxyl groups excluding tert-OH is 1. The number of rotatable bonds is 5. The summed E-state index contributed by atoms with van der Waals surface area (Å²) < 4.78 is 57.4. The highest BCUT2D eigenvalue weighted by Crippen LogP contribution is 2.38. The number of nitrogens with zero attached hydrogens (tertiary/aromatic N) is 5. The zero-order chi connectivity index (χ0) is 27.0. The summed E-state index contributed by atoms with van der Waals surface area (Å²) in [5.41, 5.74) is -0.954.